The van der Waals surface area contributed by atoms with Crippen molar-refractivity contribution in [3.8, 4) is 5.75 Å². The number of ether oxygens (including phenoxy) is 2. The SMILES string of the molecule is CNCC1CCN(C(=O)c2ccc(OCC3CCCO3)cc2)C1.Cl. The molecule has 0 aliphatic carbocycles. The molecule has 2 aliphatic heterocycles. The third kappa shape index (κ3) is 4.85. The fraction of sp³-hybridized carbons (Fsp3) is 0.611. The Balaban J connectivity index is 0.00000208. The highest BCUT2D eigenvalue weighted by Crippen LogP contribution is 2.20. The van der Waals surface area contributed by atoms with Gasteiger partial charge in [0.05, 0.1) is 6.10 Å². The van der Waals surface area contributed by atoms with Gasteiger partial charge in [-0.1, -0.05) is 0 Å². The maximum Gasteiger partial charge on any atom is 0.253 e. The molecule has 0 saturated carbocycles. The normalized spacial score (nSPS) is 23.1. The summed E-state index contributed by atoms with van der Waals surface area (Å²) < 4.78 is 11.3. The Kier molecular flexibility index (Phi) is 7.34. The molecule has 2 unspecified atom stereocenters. The van der Waals surface area contributed by atoms with Crippen molar-refractivity contribution in [3.05, 3.63) is 29.8 Å². The fourth-order valence-electron chi connectivity index (χ4n) is 3.31. The van der Waals surface area contributed by atoms with Gasteiger partial charge in [0.25, 0.3) is 5.91 Å². The molecule has 134 valence electrons. The van der Waals surface area contributed by atoms with Gasteiger partial charge in [-0.15, -0.1) is 12.4 Å². The number of nitrogens with one attached hydrogen (secondary N) is 1. The predicted molar refractivity (Wildman–Crippen MR) is 96.1 cm³/mol. The largest absolute Gasteiger partial charge is 0.491 e. The summed E-state index contributed by atoms with van der Waals surface area (Å²) in [5.74, 6) is 1.48. The molecule has 1 aromatic rings. The van der Waals surface area contributed by atoms with E-state index in [4.69, 9.17) is 9.47 Å². The van der Waals surface area contributed by atoms with Crippen molar-refractivity contribution < 1.29 is 14.3 Å². The second kappa shape index (κ2) is 9.25. The van der Waals surface area contributed by atoms with E-state index in [9.17, 15) is 4.79 Å². The molecule has 2 atom stereocenters. The quantitative estimate of drug-likeness (QED) is 0.852. The van der Waals surface area contributed by atoms with Crippen LogP contribution in [0, 0.1) is 5.92 Å². The summed E-state index contributed by atoms with van der Waals surface area (Å²) in [6, 6.07) is 7.48. The van der Waals surface area contributed by atoms with E-state index in [0.29, 0.717) is 12.5 Å². The molecule has 5 nitrogen and oxygen atoms in total. The third-order valence-electron chi connectivity index (χ3n) is 4.63. The Morgan fingerprint density at radius 1 is 1.33 bits per heavy atom. The summed E-state index contributed by atoms with van der Waals surface area (Å²) >= 11 is 0. The molecular formula is C18H27ClN2O3. The maximum absolute atomic E-state index is 12.5. The van der Waals surface area contributed by atoms with Crippen molar-refractivity contribution in [1.29, 1.82) is 0 Å². The summed E-state index contributed by atoms with van der Waals surface area (Å²) in [6.45, 7) is 4.09. The van der Waals surface area contributed by atoms with Gasteiger partial charge >= 0.3 is 0 Å². The van der Waals surface area contributed by atoms with Crippen LogP contribution < -0.4 is 10.1 Å². The summed E-state index contributed by atoms with van der Waals surface area (Å²) in [5, 5.41) is 3.19. The smallest absolute Gasteiger partial charge is 0.253 e. The molecule has 1 aromatic carbocycles. The van der Waals surface area contributed by atoms with Crippen molar-refractivity contribution in [2.45, 2.75) is 25.4 Å². The van der Waals surface area contributed by atoms with Crippen LogP contribution >= 0.6 is 12.4 Å². The van der Waals surface area contributed by atoms with Gasteiger partial charge in [0.15, 0.2) is 0 Å². The molecular weight excluding hydrogens is 328 g/mol. The highest BCUT2D eigenvalue weighted by molar-refractivity contribution is 5.94. The number of likely N-dealkylation sites (tertiary alicyclic amines) is 1. The van der Waals surface area contributed by atoms with Gasteiger partial charge in [-0.3, -0.25) is 4.79 Å². The van der Waals surface area contributed by atoms with Crippen LogP contribution in [-0.4, -0.2) is 56.8 Å². The summed E-state index contributed by atoms with van der Waals surface area (Å²) in [7, 11) is 1.96. The van der Waals surface area contributed by atoms with Crippen molar-refractivity contribution in [3.63, 3.8) is 0 Å². The van der Waals surface area contributed by atoms with Crippen LogP contribution in [0.3, 0.4) is 0 Å². The zero-order chi connectivity index (χ0) is 16.1. The van der Waals surface area contributed by atoms with Gasteiger partial charge in [-0.2, -0.15) is 0 Å². The molecule has 2 heterocycles. The molecule has 3 rings (SSSR count). The first-order valence-electron chi connectivity index (χ1n) is 8.54. The molecule has 0 aromatic heterocycles. The van der Waals surface area contributed by atoms with Crippen molar-refractivity contribution >= 4 is 18.3 Å². The third-order valence-corrected chi connectivity index (χ3v) is 4.63. The lowest BCUT2D eigenvalue weighted by Crippen LogP contribution is -2.30. The van der Waals surface area contributed by atoms with Gasteiger partial charge in [0, 0.05) is 25.3 Å². The molecule has 0 spiro atoms. The second-order valence-corrected chi connectivity index (χ2v) is 6.43. The first-order valence-corrected chi connectivity index (χ1v) is 8.54. The predicted octanol–water partition coefficient (Wildman–Crippen LogP) is 2.35. The Morgan fingerprint density at radius 3 is 2.79 bits per heavy atom. The topological polar surface area (TPSA) is 50.8 Å². The van der Waals surface area contributed by atoms with Crippen LogP contribution in [0.25, 0.3) is 0 Å². The van der Waals surface area contributed by atoms with Crippen LogP contribution in [0.2, 0.25) is 0 Å². The maximum atomic E-state index is 12.5. The Labute approximate surface area is 150 Å². The Hall–Kier alpha value is -1.30. The summed E-state index contributed by atoms with van der Waals surface area (Å²) in [5.41, 5.74) is 0.736. The lowest BCUT2D eigenvalue weighted by molar-refractivity contribution is 0.0679. The minimum Gasteiger partial charge on any atom is -0.491 e. The minimum absolute atomic E-state index is 0. The molecule has 1 N–H and O–H groups in total. The van der Waals surface area contributed by atoms with Gasteiger partial charge in [0.1, 0.15) is 12.4 Å². The van der Waals surface area contributed by atoms with Crippen molar-refractivity contribution in [2.24, 2.45) is 5.92 Å². The van der Waals surface area contributed by atoms with Crippen LogP contribution in [0.4, 0.5) is 0 Å². The van der Waals surface area contributed by atoms with E-state index in [-0.39, 0.29) is 24.4 Å². The van der Waals surface area contributed by atoms with E-state index in [1.165, 1.54) is 0 Å². The molecule has 0 radical (unpaired) electrons. The number of amides is 1. The summed E-state index contributed by atoms with van der Waals surface area (Å²) in [4.78, 5) is 14.5. The number of halogens is 1. The van der Waals surface area contributed by atoms with E-state index < -0.39 is 0 Å². The highest BCUT2D eigenvalue weighted by Gasteiger charge is 2.26. The fourth-order valence-corrected chi connectivity index (χ4v) is 3.31. The standard InChI is InChI=1S/C18H26N2O3.ClH/c1-19-11-14-8-9-20(12-14)18(21)15-4-6-16(7-5-15)23-13-17-3-2-10-22-17;/h4-7,14,17,19H,2-3,8-13H2,1H3;1H. The second-order valence-electron chi connectivity index (χ2n) is 6.43. The highest BCUT2D eigenvalue weighted by atomic mass is 35.5. The Morgan fingerprint density at radius 2 is 2.12 bits per heavy atom. The minimum atomic E-state index is 0. The number of carbonyl (C=O) groups is 1. The van der Waals surface area contributed by atoms with Crippen LogP contribution in [0.1, 0.15) is 29.6 Å². The molecule has 6 heteroatoms. The van der Waals surface area contributed by atoms with Gasteiger partial charge < -0.3 is 19.7 Å². The molecule has 2 saturated heterocycles. The number of carbonyl (C=O) groups excluding carboxylic acids is 1. The number of hydrogen-bond donors (Lipinski definition) is 1. The average molecular weight is 355 g/mol. The zero-order valence-electron chi connectivity index (χ0n) is 14.2. The van der Waals surface area contributed by atoms with Crippen LogP contribution in [-0.2, 0) is 4.74 Å². The molecule has 24 heavy (non-hydrogen) atoms. The van der Waals surface area contributed by atoms with Gasteiger partial charge in [-0.25, -0.2) is 0 Å². The van der Waals surface area contributed by atoms with Crippen molar-refractivity contribution in [2.75, 3.05) is 39.9 Å². The van der Waals surface area contributed by atoms with E-state index in [1.54, 1.807) is 0 Å². The number of rotatable bonds is 6. The molecule has 1 amide bonds. The first kappa shape index (κ1) is 19.0. The molecule has 2 aliphatic rings. The van der Waals surface area contributed by atoms with E-state index >= 15 is 0 Å². The van der Waals surface area contributed by atoms with Crippen molar-refractivity contribution in [1.82, 2.24) is 10.2 Å². The molecule has 2 fully saturated rings. The Bertz CT molecular complexity index is 518. The number of hydrogen-bond acceptors (Lipinski definition) is 4. The lowest BCUT2D eigenvalue weighted by atomic mass is 10.1. The number of benzene rings is 1. The van der Waals surface area contributed by atoms with Crippen LogP contribution in [0.5, 0.6) is 5.75 Å². The number of nitrogens with zero attached hydrogens (tertiary/aromatic N) is 1. The zero-order valence-corrected chi connectivity index (χ0v) is 15.0. The van der Waals surface area contributed by atoms with Crippen LogP contribution in [0.15, 0.2) is 24.3 Å². The summed E-state index contributed by atoms with van der Waals surface area (Å²) in [6.07, 6.45) is 3.48. The lowest BCUT2D eigenvalue weighted by Gasteiger charge is -2.17. The molecule has 0 bridgehead atoms. The van der Waals surface area contributed by atoms with E-state index in [0.717, 1.165) is 56.8 Å². The van der Waals surface area contributed by atoms with Gasteiger partial charge in [-0.05, 0) is 63.0 Å². The van der Waals surface area contributed by atoms with Gasteiger partial charge in [0.2, 0.25) is 0 Å². The monoisotopic (exact) mass is 354 g/mol. The first-order chi connectivity index (χ1) is 11.3. The van der Waals surface area contributed by atoms with E-state index in [1.807, 2.05) is 36.2 Å². The van der Waals surface area contributed by atoms with E-state index in [2.05, 4.69) is 5.32 Å². The average Bonchev–Trinajstić information content (AvgIpc) is 3.25.